The molecule has 130 valence electrons. The smallest absolute Gasteiger partial charge is 0.399 e. The predicted octanol–water partition coefficient (Wildman–Crippen LogP) is 3.38. The van der Waals surface area contributed by atoms with Crippen molar-refractivity contribution < 1.29 is 18.5 Å². The molecule has 1 aliphatic heterocycles. The van der Waals surface area contributed by atoms with Gasteiger partial charge in [0.15, 0.2) is 0 Å². The average Bonchev–Trinajstić information content (AvgIpc) is 2.78. The van der Waals surface area contributed by atoms with Crippen molar-refractivity contribution in [2.75, 3.05) is 5.32 Å². The van der Waals surface area contributed by atoms with Crippen LogP contribution in [0.2, 0.25) is 0 Å². The largest absolute Gasteiger partial charge is 0.494 e. The molecular weight excluding hydrogens is 320 g/mol. The SMILES string of the molecule is CC1(C)OB(c2cccc(C(=O)Nc3ccc(F)cc3)c2)OC1(C)C. The van der Waals surface area contributed by atoms with E-state index in [1.54, 1.807) is 18.2 Å². The molecule has 1 fully saturated rings. The lowest BCUT2D eigenvalue weighted by molar-refractivity contribution is 0.00578. The van der Waals surface area contributed by atoms with Gasteiger partial charge in [-0.15, -0.1) is 0 Å². The maximum atomic E-state index is 13.0. The highest BCUT2D eigenvalue weighted by Gasteiger charge is 2.51. The molecule has 1 N–H and O–H groups in total. The van der Waals surface area contributed by atoms with Crippen LogP contribution in [0.3, 0.4) is 0 Å². The van der Waals surface area contributed by atoms with E-state index in [1.807, 2.05) is 33.8 Å². The molecule has 1 heterocycles. The zero-order valence-corrected chi connectivity index (χ0v) is 14.8. The van der Waals surface area contributed by atoms with E-state index in [9.17, 15) is 9.18 Å². The molecule has 1 aliphatic rings. The van der Waals surface area contributed by atoms with E-state index in [-0.39, 0.29) is 11.7 Å². The second-order valence-electron chi connectivity index (χ2n) is 7.17. The first-order valence-corrected chi connectivity index (χ1v) is 8.20. The molecule has 0 aliphatic carbocycles. The first-order chi connectivity index (χ1) is 11.7. The molecule has 0 atom stereocenters. The van der Waals surface area contributed by atoms with E-state index >= 15 is 0 Å². The van der Waals surface area contributed by atoms with Crippen LogP contribution in [0.4, 0.5) is 10.1 Å². The van der Waals surface area contributed by atoms with Gasteiger partial charge in [-0.25, -0.2) is 4.39 Å². The molecule has 3 rings (SSSR count). The number of amides is 1. The molecule has 4 nitrogen and oxygen atoms in total. The highest BCUT2D eigenvalue weighted by Crippen LogP contribution is 2.36. The van der Waals surface area contributed by atoms with Crippen LogP contribution >= 0.6 is 0 Å². The van der Waals surface area contributed by atoms with Crippen molar-refractivity contribution in [1.29, 1.82) is 0 Å². The molecule has 0 bridgehead atoms. The van der Waals surface area contributed by atoms with Gasteiger partial charge < -0.3 is 14.6 Å². The van der Waals surface area contributed by atoms with E-state index < -0.39 is 18.3 Å². The second-order valence-corrected chi connectivity index (χ2v) is 7.17. The zero-order chi connectivity index (χ0) is 18.2. The summed E-state index contributed by atoms with van der Waals surface area (Å²) >= 11 is 0. The van der Waals surface area contributed by atoms with Gasteiger partial charge in [0.25, 0.3) is 5.91 Å². The number of hydrogen-bond donors (Lipinski definition) is 1. The molecule has 0 spiro atoms. The van der Waals surface area contributed by atoms with Crippen LogP contribution in [0.25, 0.3) is 0 Å². The molecule has 6 heteroatoms. The quantitative estimate of drug-likeness (QED) is 0.871. The Kier molecular flexibility index (Phi) is 4.43. The van der Waals surface area contributed by atoms with E-state index in [2.05, 4.69) is 5.32 Å². The Morgan fingerprint density at radius 2 is 1.60 bits per heavy atom. The summed E-state index contributed by atoms with van der Waals surface area (Å²) in [4.78, 5) is 12.4. The number of nitrogens with one attached hydrogen (secondary N) is 1. The van der Waals surface area contributed by atoms with Crippen LogP contribution in [0.1, 0.15) is 38.1 Å². The Morgan fingerprint density at radius 1 is 1.00 bits per heavy atom. The van der Waals surface area contributed by atoms with Crippen molar-refractivity contribution in [3.8, 4) is 0 Å². The second kappa shape index (κ2) is 6.28. The van der Waals surface area contributed by atoms with Crippen molar-refractivity contribution >= 4 is 24.2 Å². The third-order valence-corrected chi connectivity index (χ3v) is 4.78. The number of carbonyl (C=O) groups excluding carboxylic acids is 1. The maximum Gasteiger partial charge on any atom is 0.494 e. The normalized spacial score (nSPS) is 18.2. The van der Waals surface area contributed by atoms with Crippen molar-refractivity contribution in [2.45, 2.75) is 38.9 Å². The van der Waals surface area contributed by atoms with E-state index in [0.717, 1.165) is 5.46 Å². The molecule has 1 amide bonds. The average molecular weight is 341 g/mol. The van der Waals surface area contributed by atoms with Crippen LogP contribution < -0.4 is 10.8 Å². The topological polar surface area (TPSA) is 47.6 Å². The highest BCUT2D eigenvalue weighted by atomic mass is 19.1. The standard InChI is InChI=1S/C19H21BFNO3/c1-18(2)19(3,4)25-20(24-18)14-7-5-6-13(12-14)17(23)22-16-10-8-15(21)9-11-16/h5-12H,1-4H3,(H,22,23). The first-order valence-electron chi connectivity index (χ1n) is 8.20. The molecular formula is C19H21BFNO3. The van der Waals surface area contributed by atoms with Crippen LogP contribution in [0.15, 0.2) is 48.5 Å². The van der Waals surface area contributed by atoms with Gasteiger partial charge in [0.05, 0.1) is 11.2 Å². The maximum absolute atomic E-state index is 13.0. The number of rotatable bonds is 3. The van der Waals surface area contributed by atoms with Gasteiger partial charge in [0.2, 0.25) is 0 Å². The predicted molar refractivity (Wildman–Crippen MR) is 96.5 cm³/mol. The fourth-order valence-corrected chi connectivity index (χ4v) is 2.54. The summed E-state index contributed by atoms with van der Waals surface area (Å²) in [7, 11) is -0.524. The number of anilines is 1. The van der Waals surface area contributed by atoms with Gasteiger partial charge in [-0.1, -0.05) is 12.1 Å². The van der Waals surface area contributed by atoms with Crippen molar-refractivity contribution in [3.05, 3.63) is 59.9 Å². The lowest BCUT2D eigenvalue weighted by atomic mass is 9.78. The number of halogens is 1. The number of hydrogen-bond acceptors (Lipinski definition) is 3. The molecule has 0 radical (unpaired) electrons. The third kappa shape index (κ3) is 3.60. The summed E-state index contributed by atoms with van der Waals surface area (Å²) in [5.41, 5.74) is 0.919. The summed E-state index contributed by atoms with van der Waals surface area (Å²) in [5.74, 6) is -0.620. The minimum Gasteiger partial charge on any atom is -0.399 e. The van der Waals surface area contributed by atoms with Gasteiger partial charge >= 0.3 is 7.12 Å². The van der Waals surface area contributed by atoms with E-state index in [1.165, 1.54) is 24.3 Å². The van der Waals surface area contributed by atoms with Gasteiger partial charge in [-0.2, -0.15) is 0 Å². The molecule has 1 saturated heterocycles. The molecule has 25 heavy (non-hydrogen) atoms. The van der Waals surface area contributed by atoms with Crippen LogP contribution in [-0.2, 0) is 9.31 Å². The first kappa shape index (κ1) is 17.6. The lowest BCUT2D eigenvalue weighted by Gasteiger charge is -2.32. The van der Waals surface area contributed by atoms with Gasteiger partial charge in [0.1, 0.15) is 5.82 Å². The molecule has 0 saturated carbocycles. The zero-order valence-electron chi connectivity index (χ0n) is 14.8. The Bertz CT molecular complexity index is 774. The summed E-state index contributed by atoms with van der Waals surface area (Å²) < 4.78 is 25.0. The van der Waals surface area contributed by atoms with Crippen molar-refractivity contribution in [3.63, 3.8) is 0 Å². The van der Waals surface area contributed by atoms with E-state index in [0.29, 0.717) is 11.3 Å². The summed E-state index contributed by atoms with van der Waals surface area (Å²) in [6.45, 7) is 7.94. The highest BCUT2D eigenvalue weighted by molar-refractivity contribution is 6.62. The Hall–Kier alpha value is -2.18. The fraction of sp³-hybridized carbons (Fsp3) is 0.316. The van der Waals surface area contributed by atoms with Crippen LogP contribution in [0.5, 0.6) is 0 Å². The summed E-state index contributed by atoms with van der Waals surface area (Å²) in [6.07, 6.45) is 0. The Balaban J connectivity index is 1.78. The van der Waals surface area contributed by atoms with Crippen molar-refractivity contribution in [1.82, 2.24) is 0 Å². The number of benzene rings is 2. The van der Waals surface area contributed by atoms with Gasteiger partial charge in [-0.3, -0.25) is 4.79 Å². The third-order valence-electron chi connectivity index (χ3n) is 4.78. The molecule has 2 aromatic rings. The van der Waals surface area contributed by atoms with Crippen molar-refractivity contribution in [2.24, 2.45) is 0 Å². The van der Waals surface area contributed by atoms with E-state index in [4.69, 9.17) is 9.31 Å². The van der Waals surface area contributed by atoms with Crippen LogP contribution in [-0.4, -0.2) is 24.2 Å². The summed E-state index contributed by atoms with van der Waals surface area (Å²) in [5, 5.41) is 2.75. The fourth-order valence-electron chi connectivity index (χ4n) is 2.54. The number of carbonyl (C=O) groups is 1. The minimum atomic E-state index is -0.524. The Morgan fingerprint density at radius 3 is 2.20 bits per heavy atom. The summed E-state index contributed by atoms with van der Waals surface area (Å²) in [6, 6.07) is 12.8. The molecule has 0 unspecified atom stereocenters. The minimum absolute atomic E-state index is 0.273. The van der Waals surface area contributed by atoms with Crippen LogP contribution in [0, 0.1) is 5.82 Å². The monoisotopic (exact) mass is 341 g/mol. The Labute approximate surface area is 147 Å². The van der Waals surface area contributed by atoms with Gasteiger partial charge in [0, 0.05) is 11.3 Å². The van der Waals surface area contributed by atoms with Gasteiger partial charge in [-0.05, 0) is 69.6 Å². The molecule has 0 aromatic heterocycles. The lowest BCUT2D eigenvalue weighted by Crippen LogP contribution is -2.41. The molecule has 2 aromatic carbocycles.